The zero-order chi connectivity index (χ0) is 17.5. The van der Waals surface area contributed by atoms with Crippen LogP contribution in [0.3, 0.4) is 0 Å². The van der Waals surface area contributed by atoms with Crippen LogP contribution in [0.15, 0.2) is 48.5 Å². The molecule has 2 rings (SSSR count). The van der Waals surface area contributed by atoms with Gasteiger partial charge in [0.2, 0.25) is 0 Å². The molecule has 0 saturated heterocycles. The summed E-state index contributed by atoms with van der Waals surface area (Å²) in [5.74, 6) is 0.0897. The molecular formula is C17H18N2O5. The van der Waals surface area contributed by atoms with E-state index < -0.39 is 4.92 Å². The highest BCUT2D eigenvalue weighted by molar-refractivity contribution is 5.94. The zero-order valence-corrected chi connectivity index (χ0v) is 13.5. The first-order valence-electron chi connectivity index (χ1n) is 7.37. The number of amides is 1. The Hall–Kier alpha value is -3.09. The van der Waals surface area contributed by atoms with Crippen molar-refractivity contribution in [2.24, 2.45) is 0 Å². The molecule has 126 valence electrons. The lowest BCUT2D eigenvalue weighted by atomic mass is 10.2. The number of ether oxygens (including phenoxy) is 2. The van der Waals surface area contributed by atoms with Crippen molar-refractivity contribution in [2.45, 2.75) is 6.92 Å². The van der Waals surface area contributed by atoms with E-state index in [9.17, 15) is 14.9 Å². The van der Waals surface area contributed by atoms with Gasteiger partial charge in [0.05, 0.1) is 18.1 Å². The van der Waals surface area contributed by atoms with Crippen molar-refractivity contribution in [3.8, 4) is 11.5 Å². The van der Waals surface area contributed by atoms with Crippen molar-refractivity contribution >= 4 is 17.3 Å². The Kier molecular flexibility index (Phi) is 5.73. The molecule has 0 saturated carbocycles. The van der Waals surface area contributed by atoms with Gasteiger partial charge >= 0.3 is 5.69 Å². The fraction of sp³-hybridized carbons (Fsp3) is 0.235. The average molecular weight is 330 g/mol. The highest BCUT2D eigenvalue weighted by atomic mass is 16.6. The van der Waals surface area contributed by atoms with Gasteiger partial charge in [-0.2, -0.15) is 0 Å². The molecular weight excluding hydrogens is 312 g/mol. The van der Waals surface area contributed by atoms with E-state index in [-0.39, 0.29) is 24.0 Å². The van der Waals surface area contributed by atoms with Gasteiger partial charge in [0.15, 0.2) is 12.4 Å². The summed E-state index contributed by atoms with van der Waals surface area (Å²) in [6.45, 7) is 2.02. The second-order valence-corrected chi connectivity index (χ2v) is 4.85. The lowest BCUT2D eigenvalue weighted by molar-refractivity contribution is -0.385. The first-order valence-corrected chi connectivity index (χ1v) is 7.37. The van der Waals surface area contributed by atoms with Gasteiger partial charge in [-0.3, -0.25) is 14.9 Å². The Bertz CT molecular complexity index is 718. The van der Waals surface area contributed by atoms with Gasteiger partial charge in [0, 0.05) is 12.2 Å². The minimum atomic E-state index is -0.572. The molecule has 0 aromatic heterocycles. The number of nitro groups is 1. The van der Waals surface area contributed by atoms with E-state index in [1.165, 1.54) is 19.2 Å². The number of nitrogens with zero attached hydrogens (tertiary/aromatic N) is 2. The minimum absolute atomic E-state index is 0.0262. The highest BCUT2D eigenvalue weighted by Crippen LogP contribution is 2.31. The largest absolute Gasteiger partial charge is 0.496 e. The summed E-state index contributed by atoms with van der Waals surface area (Å²) < 4.78 is 10.3. The summed E-state index contributed by atoms with van der Waals surface area (Å²) in [7, 11) is 1.42. The van der Waals surface area contributed by atoms with Crippen LogP contribution >= 0.6 is 0 Å². The van der Waals surface area contributed by atoms with Gasteiger partial charge in [-0.1, -0.05) is 18.2 Å². The molecule has 7 nitrogen and oxygen atoms in total. The second-order valence-electron chi connectivity index (χ2n) is 4.85. The standard InChI is InChI=1S/C17H18N2O5/c1-3-18(13-7-5-4-6-8-13)17(20)12-24-16-10-9-14(23-2)11-15(16)19(21)22/h4-11H,3,12H2,1-2H3. The van der Waals surface area contributed by atoms with Gasteiger partial charge in [0.25, 0.3) is 5.91 Å². The van der Waals surface area contributed by atoms with E-state index in [4.69, 9.17) is 9.47 Å². The number of anilines is 1. The number of nitro benzene ring substituents is 1. The number of hydrogen-bond acceptors (Lipinski definition) is 5. The van der Waals surface area contributed by atoms with Crippen LogP contribution in [-0.2, 0) is 4.79 Å². The maximum atomic E-state index is 12.4. The van der Waals surface area contributed by atoms with Crippen LogP contribution in [0, 0.1) is 10.1 Å². The van der Waals surface area contributed by atoms with Gasteiger partial charge in [-0.15, -0.1) is 0 Å². The van der Waals surface area contributed by atoms with Crippen molar-refractivity contribution in [3.05, 3.63) is 58.6 Å². The number of para-hydroxylation sites is 1. The molecule has 24 heavy (non-hydrogen) atoms. The maximum absolute atomic E-state index is 12.4. The van der Waals surface area contributed by atoms with Crippen LogP contribution in [0.2, 0.25) is 0 Å². The molecule has 0 heterocycles. The smallest absolute Gasteiger partial charge is 0.314 e. The van der Waals surface area contributed by atoms with Crippen LogP contribution in [0.25, 0.3) is 0 Å². The number of hydrogen-bond donors (Lipinski definition) is 0. The van der Waals surface area contributed by atoms with Crippen LogP contribution in [0.4, 0.5) is 11.4 Å². The Morgan fingerprint density at radius 2 is 1.92 bits per heavy atom. The number of benzene rings is 2. The van der Waals surface area contributed by atoms with E-state index in [2.05, 4.69) is 0 Å². The van der Waals surface area contributed by atoms with Gasteiger partial charge in [0.1, 0.15) is 5.75 Å². The molecule has 7 heteroatoms. The Morgan fingerprint density at radius 3 is 2.50 bits per heavy atom. The van der Waals surface area contributed by atoms with Crippen LogP contribution in [-0.4, -0.2) is 31.1 Å². The van der Waals surface area contributed by atoms with E-state index >= 15 is 0 Å². The molecule has 2 aromatic carbocycles. The first kappa shape index (κ1) is 17.3. The summed E-state index contributed by atoms with van der Waals surface area (Å²) in [6, 6.07) is 13.4. The van der Waals surface area contributed by atoms with Crippen molar-refractivity contribution < 1.29 is 19.2 Å². The fourth-order valence-corrected chi connectivity index (χ4v) is 2.22. The molecule has 2 aromatic rings. The molecule has 1 amide bonds. The summed E-state index contributed by atoms with van der Waals surface area (Å²) in [4.78, 5) is 24.5. The molecule has 0 spiro atoms. The fourth-order valence-electron chi connectivity index (χ4n) is 2.22. The van der Waals surface area contributed by atoms with Crippen LogP contribution in [0.5, 0.6) is 11.5 Å². The zero-order valence-electron chi connectivity index (χ0n) is 13.5. The number of carbonyl (C=O) groups is 1. The third-order valence-electron chi connectivity index (χ3n) is 3.40. The summed E-state index contributed by atoms with van der Waals surface area (Å²) >= 11 is 0. The molecule has 0 unspecified atom stereocenters. The third kappa shape index (κ3) is 4.01. The maximum Gasteiger partial charge on any atom is 0.314 e. The second kappa shape index (κ2) is 7.96. The predicted molar refractivity (Wildman–Crippen MR) is 89.6 cm³/mol. The predicted octanol–water partition coefficient (Wildman–Crippen LogP) is 3.04. The van der Waals surface area contributed by atoms with Gasteiger partial charge < -0.3 is 14.4 Å². The van der Waals surface area contributed by atoms with Crippen molar-refractivity contribution in [2.75, 3.05) is 25.2 Å². The molecule has 0 N–H and O–H groups in total. The molecule has 0 fully saturated rings. The summed E-state index contributed by atoms with van der Waals surface area (Å²) in [5.41, 5.74) is 0.503. The molecule has 0 aliphatic heterocycles. The molecule has 0 aliphatic carbocycles. The summed E-state index contributed by atoms with van der Waals surface area (Å²) in [5, 5.41) is 11.1. The molecule has 0 radical (unpaired) electrons. The Labute approximate surface area is 139 Å². The average Bonchev–Trinajstić information content (AvgIpc) is 2.61. The Balaban J connectivity index is 2.12. The number of likely N-dealkylation sites (N-methyl/N-ethyl adjacent to an activating group) is 1. The van der Waals surface area contributed by atoms with E-state index in [0.29, 0.717) is 12.3 Å². The number of carbonyl (C=O) groups excluding carboxylic acids is 1. The van der Waals surface area contributed by atoms with Crippen LogP contribution in [0.1, 0.15) is 6.92 Å². The van der Waals surface area contributed by atoms with Crippen molar-refractivity contribution in [1.82, 2.24) is 0 Å². The summed E-state index contributed by atoms with van der Waals surface area (Å²) in [6.07, 6.45) is 0. The third-order valence-corrected chi connectivity index (χ3v) is 3.40. The minimum Gasteiger partial charge on any atom is -0.496 e. The normalized spacial score (nSPS) is 10.1. The quantitative estimate of drug-likeness (QED) is 0.576. The van der Waals surface area contributed by atoms with E-state index in [1.54, 1.807) is 11.0 Å². The van der Waals surface area contributed by atoms with Crippen molar-refractivity contribution in [3.63, 3.8) is 0 Å². The monoisotopic (exact) mass is 330 g/mol. The van der Waals surface area contributed by atoms with E-state index in [1.807, 2.05) is 37.3 Å². The topological polar surface area (TPSA) is 81.9 Å². The van der Waals surface area contributed by atoms with E-state index in [0.717, 1.165) is 5.69 Å². The highest BCUT2D eigenvalue weighted by Gasteiger charge is 2.20. The van der Waals surface area contributed by atoms with Gasteiger partial charge in [-0.05, 0) is 31.2 Å². The lowest BCUT2D eigenvalue weighted by Gasteiger charge is -2.21. The molecule has 0 atom stereocenters. The first-order chi connectivity index (χ1) is 11.6. The number of methoxy groups -OCH3 is 1. The van der Waals surface area contributed by atoms with Gasteiger partial charge in [-0.25, -0.2) is 0 Å². The van der Waals surface area contributed by atoms with Crippen LogP contribution < -0.4 is 14.4 Å². The molecule has 0 bridgehead atoms. The number of rotatable bonds is 7. The Morgan fingerprint density at radius 1 is 1.21 bits per heavy atom. The van der Waals surface area contributed by atoms with Crippen molar-refractivity contribution in [1.29, 1.82) is 0 Å². The lowest BCUT2D eigenvalue weighted by Crippen LogP contribution is -2.34. The SMILES string of the molecule is CCN(C(=O)COc1ccc(OC)cc1[N+](=O)[O-])c1ccccc1. The molecule has 0 aliphatic rings.